The normalized spacial score (nSPS) is 14.5. The van der Waals surface area contributed by atoms with Gasteiger partial charge in [0, 0.05) is 0 Å². The molecule has 0 saturated carbocycles. The lowest BCUT2D eigenvalue weighted by Crippen LogP contribution is -2.57. The van der Waals surface area contributed by atoms with Crippen LogP contribution in [-0.4, -0.2) is 24.6 Å². The molecule has 0 saturated heterocycles. The third-order valence-electron chi connectivity index (χ3n) is 3.56. The second kappa shape index (κ2) is 6.94. The van der Waals surface area contributed by atoms with Crippen LogP contribution in [0.4, 0.5) is 0 Å². The lowest BCUT2D eigenvalue weighted by atomic mass is 9.87. The predicted octanol–water partition coefficient (Wildman–Crippen LogP) is 2.61. The van der Waals surface area contributed by atoms with E-state index >= 15 is 0 Å². The molecule has 0 heterocycles. The molecule has 21 heavy (non-hydrogen) atoms. The Morgan fingerprint density at radius 2 is 1.76 bits per heavy atom. The van der Waals surface area contributed by atoms with E-state index in [-0.39, 0.29) is 12.0 Å². The van der Waals surface area contributed by atoms with Gasteiger partial charge in [0.15, 0.2) is 0 Å². The molecule has 3 N–H and O–H groups in total. The number of carbonyl (C=O) groups excluding carboxylic acids is 1. The van der Waals surface area contributed by atoms with Crippen LogP contribution < -0.4 is 15.8 Å². The molecule has 4 nitrogen and oxygen atoms in total. The van der Waals surface area contributed by atoms with Gasteiger partial charge in [0.05, 0.1) is 0 Å². The van der Waals surface area contributed by atoms with E-state index in [1.54, 1.807) is 6.92 Å². The van der Waals surface area contributed by atoms with Crippen molar-refractivity contribution >= 4 is 5.91 Å². The van der Waals surface area contributed by atoms with E-state index in [9.17, 15) is 4.79 Å². The number of ether oxygens (including phenoxy) is 1. The second-order valence-electron chi connectivity index (χ2n) is 6.69. The molecule has 0 aliphatic carbocycles. The first kappa shape index (κ1) is 17.5. The van der Waals surface area contributed by atoms with E-state index < -0.39 is 11.4 Å². The van der Waals surface area contributed by atoms with Crippen LogP contribution in [0.1, 0.15) is 46.6 Å². The molecule has 118 valence electrons. The zero-order valence-electron chi connectivity index (χ0n) is 13.8. The van der Waals surface area contributed by atoms with Crippen LogP contribution in [0.5, 0.6) is 5.75 Å². The summed E-state index contributed by atoms with van der Waals surface area (Å²) in [5.74, 6) is 0.344. The highest BCUT2D eigenvalue weighted by atomic mass is 16.5. The summed E-state index contributed by atoms with van der Waals surface area (Å²) in [5, 5.41) is 3.15. The number of rotatable bonds is 7. The fourth-order valence-corrected chi connectivity index (χ4v) is 1.89. The van der Waals surface area contributed by atoms with E-state index in [4.69, 9.17) is 10.5 Å². The Hall–Kier alpha value is -1.55. The van der Waals surface area contributed by atoms with Gasteiger partial charge >= 0.3 is 0 Å². The Labute approximate surface area is 128 Å². The van der Waals surface area contributed by atoms with Crippen molar-refractivity contribution in [2.24, 2.45) is 5.73 Å². The molecule has 0 radical (unpaired) electrons. The van der Waals surface area contributed by atoms with Gasteiger partial charge in [-0.05, 0) is 43.0 Å². The highest BCUT2D eigenvalue weighted by Crippen LogP contribution is 2.24. The van der Waals surface area contributed by atoms with Crippen molar-refractivity contribution in [3.05, 3.63) is 29.8 Å². The number of nitrogens with one attached hydrogen (secondary N) is 1. The minimum absolute atomic E-state index is 0.114. The monoisotopic (exact) mass is 292 g/mol. The molecular formula is C17H28N2O2. The Kier molecular flexibility index (Phi) is 5.78. The number of hydrogen-bond donors (Lipinski definition) is 2. The number of amides is 1. The first-order valence-corrected chi connectivity index (χ1v) is 7.47. The average Bonchev–Trinajstić information content (AvgIpc) is 2.42. The van der Waals surface area contributed by atoms with E-state index in [0.717, 1.165) is 18.7 Å². The van der Waals surface area contributed by atoms with Gasteiger partial charge < -0.3 is 15.8 Å². The molecule has 1 aromatic rings. The molecule has 4 heteroatoms. The van der Waals surface area contributed by atoms with E-state index in [2.05, 4.69) is 38.2 Å². The van der Waals surface area contributed by atoms with Gasteiger partial charge in [-0.2, -0.15) is 0 Å². The zero-order chi connectivity index (χ0) is 16.1. The van der Waals surface area contributed by atoms with Gasteiger partial charge in [-0.25, -0.2) is 0 Å². The molecule has 1 atom stereocenters. The Morgan fingerprint density at radius 1 is 1.19 bits per heavy atom. The van der Waals surface area contributed by atoms with Crippen molar-refractivity contribution < 1.29 is 9.53 Å². The first-order valence-electron chi connectivity index (χ1n) is 7.47. The standard InChI is InChI=1S/C17H28N2O2/c1-6-11-19-17(5,15(18)20)12-21-14-9-7-13(8-10-14)16(2,3)4/h7-10,19H,6,11-12H2,1-5H3,(H2,18,20). The molecule has 0 aromatic heterocycles. The highest BCUT2D eigenvalue weighted by molar-refractivity contribution is 5.84. The van der Waals surface area contributed by atoms with Crippen LogP contribution in [0.25, 0.3) is 0 Å². The van der Waals surface area contributed by atoms with Crippen molar-refractivity contribution in [3.8, 4) is 5.75 Å². The first-order chi connectivity index (χ1) is 9.69. The van der Waals surface area contributed by atoms with Gasteiger partial charge in [0.2, 0.25) is 5.91 Å². The highest BCUT2D eigenvalue weighted by Gasteiger charge is 2.31. The number of hydrogen-bond acceptors (Lipinski definition) is 3. The summed E-state index contributed by atoms with van der Waals surface area (Å²) in [5.41, 5.74) is 5.99. The summed E-state index contributed by atoms with van der Waals surface area (Å²) in [4.78, 5) is 11.6. The number of primary amides is 1. The van der Waals surface area contributed by atoms with Crippen molar-refractivity contribution in [3.63, 3.8) is 0 Å². The van der Waals surface area contributed by atoms with Crippen molar-refractivity contribution in [2.45, 2.75) is 52.0 Å². The molecule has 0 bridgehead atoms. The molecule has 1 amide bonds. The SMILES string of the molecule is CCCNC(C)(COc1ccc(C(C)(C)C)cc1)C(N)=O. The molecular weight excluding hydrogens is 264 g/mol. The van der Waals surface area contributed by atoms with Crippen LogP contribution in [-0.2, 0) is 10.2 Å². The Morgan fingerprint density at radius 3 is 2.19 bits per heavy atom. The fourth-order valence-electron chi connectivity index (χ4n) is 1.89. The van der Waals surface area contributed by atoms with E-state index in [0.29, 0.717) is 0 Å². The topological polar surface area (TPSA) is 64.3 Å². The lowest BCUT2D eigenvalue weighted by Gasteiger charge is -2.27. The summed E-state index contributed by atoms with van der Waals surface area (Å²) in [7, 11) is 0. The van der Waals surface area contributed by atoms with Crippen molar-refractivity contribution in [2.75, 3.05) is 13.2 Å². The van der Waals surface area contributed by atoms with Gasteiger partial charge in [-0.1, -0.05) is 39.8 Å². The lowest BCUT2D eigenvalue weighted by molar-refractivity contribution is -0.125. The summed E-state index contributed by atoms with van der Waals surface area (Å²) < 4.78 is 5.73. The van der Waals surface area contributed by atoms with Crippen LogP contribution in [0.2, 0.25) is 0 Å². The van der Waals surface area contributed by atoms with E-state index in [1.807, 2.05) is 19.1 Å². The molecule has 0 spiro atoms. The molecule has 0 aliphatic heterocycles. The molecule has 0 fully saturated rings. The quantitative estimate of drug-likeness (QED) is 0.812. The van der Waals surface area contributed by atoms with Gasteiger partial charge in [0.1, 0.15) is 17.9 Å². The summed E-state index contributed by atoms with van der Waals surface area (Å²) in [6.45, 7) is 11.3. The zero-order valence-corrected chi connectivity index (χ0v) is 13.8. The summed E-state index contributed by atoms with van der Waals surface area (Å²) in [6, 6.07) is 7.97. The predicted molar refractivity (Wildman–Crippen MR) is 86.5 cm³/mol. The fraction of sp³-hybridized carbons (Fsp3) is 0.588. The van der Waals surface area contributed by atoms with Crippen molar-refractivity contribution in [1.29, 1.82) is 0 Å². The molecule has 1 rings (SSSR count). The third-order valence-corrected chi connectivity index (χ3v) is 3.56. The number of nitrogens with two attached hydrogens (primary N) is 1. The second-order valence-corrected chi connectivity index (χ2v) is 6.69. The van der Waals surface area contributed by atoms with Gasteiger partial charge in [-0.15, -0.1) is 0 Å². The van der Waals surface area contributed by atoms with E-state index in [1.165, 1.54) is 5.56 Å². The van der Waals surface area contributed by atoms with Crippen LogP contribution in [0.15, 0.2) is 24.3 Å². The molecule has 1 unspecified atom stereocenters. The summed E-state index contributed by atoms with van der Waals surface area (Å²) in [6.07, 6.45) is 0.934. The molecule has 1 aromatic carbocycles. The van der Waals surface area contributed by atoms with Crippen molar-refractivity contribution in [1.82, 2.24) is 5.32 Å². The molecule has 0 aliphatic rings. The number of benzene rings is 1. The van der Waals surface area contributed by atoms with Crippen LogP contribution in [0.3, 0.4) is 0 Å². The Bertz CT molecular complexity index is 463. The smallest absolute Gasteiger partial charge is 0.240 e. The largest absolute Gasteiger partial charge is 0.491 e. The third kappa shape index (κ3) is 5.05. The number of carbonyl (C=O) groups is 1. The van der Waals surface area contributed by atoms with Gasteiger partial charge in [0.25, 0.3) is 0 Å². The maximum Gasteiger partial charge on any atom is 0.240 e. The minimum atomic E-state index is -0.849. The Balaban J connectivity index is 2.70. The minimum Gasteiger partial charge on any atom is -0.491 e. The maximum atomic E-state index is 11.6. The van der Waals surface area contributed by atoms with Gasteiger partial charge in [-0.3, -0.25) is 4.79 Å². The average molecular weight is 292 g/mol. The summed E-state index contributed by atoms with van der Waals surface area (Å²) >= 11 is 0. The van der Waals surface area contributed by atoms with Crippen LogP contribution in [0, 0.1) is 0 Å². The van der Waals surface area contributed by atoms with Crippen LogP contribution >= 0.6 is 0 Å². The maximum absolute atomic E-state index is 11.6.